The molecule has 0 spiro atoms. The highest BCUT2D eigenvalue weighted by molar-refractivity contribution is 5.80. The number of benzene rings is 1. The molecule has 30 heavy (non-hydrogen) atoms. The van der Waals surface area contributed by atoms with Gasteiger partial charge in [0.25, 0.3) is 0 Å². The Morgan fingerprint density at radius 2 is 1.83 bits per heavy atom. The van der Waals surface area contributed by atoms with Crippen LogP contribution >= 0.6 is 0 Å². The number of guanidine groups is 1. The topological polar surface area (TPSA) is 77.2 Å². The van der Waals surface area contributed by atoms with Crippen LogP contribution in [0.3, 0.4) is 0 Å². The minimum Gasteiger partial charge on any atom is -0.370 e. The SMILES string of the molecule is CCN1CCN(Cc2ccccc2CNC(=NC)N2CCCC(CC(N)=O)C2)CC1. The van der Waals surface area contributed by atoms with E-state index in [0.717, 1.165) is 77.7 Å². The molecule has 1 aromatic rings. The first-order valence-corrected chi connectivity index (χ1v) is 11.3. The number of piperidine rings is 1. The Kier molecular flexibility index (Phi) is 8.51. The maximum Gasteiger partial charge on any atom is 0.217 e. The largest absolute Gasteiger partial charge is 0.370 e. The van der Waals surface area contributed by atoms with Gasteiger partial charge in [-0.2, -0.15) is 0 Å². The van der Waals surface area contributed by atoms with Crippen LogP contribution in [0.5, 0.6) is 0 Å². The van der Waals surface area contributed by atoms with Gasteiger partial charge in [0.05, 0.1) is 0 Å². The highest BCUT2D eigenvalue weighted by Gasteiger charge is 2.23. The molecular weight excluding hydrogens is 376 g/mol. The minimum absolute atomic E-state index is 0.210. The Morgan fingerprint density at radius 1 is 1.13 bits per heavy atom. The van der Waals surface area contributed by atoms with Gasteiger partial charge in [-0.25, -0.2) is 0 Å². The van der Waals surface area contributed by atoms with Crippen LogP contribution in [-0.2, 0) is 17.9 Å². The first-order valence-electron chi connectivity index (χ1n) is 11.3. The summed E-state index contributed by atoms with van der Waals surface area (Å²) in [6, 6.07) is 8.71. The number of rotatable bonds is 7. The van der Waals surface area contributed by atoms with Crippen molar-refractivity contribution in [2.75, 3.05) is 52.9 Å². The van der Waals surface area contributed by atoms with Crippen molar-refractivity contribution in [3.05, 3.63) is 35.4 Å². The molecule has 1 amide bonds. The van der Waals surface area contributed by atoms with Crippen LogP contribution in [-0.4, -0.2) is 79.4 Å². The molecule has 2 aliphatic rings. The molecule has 2 fully saturated rings. The first kappa shape index (κ1) is 22.6. The molecular formula is C23H38N6O. The second-order valence-electron chi connectivity index (χ2n) is 8.50. The highest BCUT2D eigenvalue weighted by atomic mass is 16.1. The molecule has 0 saturated carbocycles. The third-order valence-electron chi connectivity index (χ3n) is 6.38. The average Bonchev–Trinajstić information content (AvgIpc) is 2.75. The summed E-state index contributed by atoms with van der Waals surface area (Å²) >= 11 is 0. The van der Waals surface area contributed by atoms with Crippen LogP contribution in [0, 0.1) is 5.92 Å². The smallest absolute Gasteiger partial charge is 0.217 e. The van der Waals surface area contributed by atoms with E-state index in [4.69, 9.17) is 5.73 Å². The lowest BCUT2D eigenvalue weighted by molar-refractivity contribution is -0.119. The normalized spacial score (nSPS) is 21.6. The van der Waals surface area contributed by atoms with Crippen molar-refractivity contribution in [1.82, 2.24) is 20.0 Å². The van der Waals surface area contributed by atoms with E-state index in [0.29, 0.717) is 12.3 Å². The molecule has 0 aromatic heterocycles. The lowest BCUT2D eigenvalue weighted by Gasteiger charge is -2.35. The van der Waals surface area contributed by atoms with E-state index in [1.165, 1.54) is 11.1 Å². The molecule has 166 valence electrons. The van der Waals surface area contributed by atoms with Crippen molar-refractivity contribution in [1.29, 1.82) is 0 Å². The van der Waals surface area contributed by atoms with E-state index in [1.54, 1.807) is 0 Å². The number of hydrogen-bond donors (Lipinski definition) is 2. The van der Waals surface area contributed by atoms with Crippen LogP contribution in [0.25, 0.3) is 0 Å². The number of hydrogen-bond acceptors (Lipinski definition) is 4. The fourth-order valence-corrected chi connectivity index (χ4v) is 4.60. The number of aliphatic imine (C=N–C) groups is 1. The summed E-state index contributed by atoms with van der Waals surface area (Å²) in [5.41, 5.74) is 8.12. The van der Waals surface area contributed by atoms with Crippen LogP contribution in [0.4, 0.5) is 0 Å². The molecule has 2 heterocycles. The average molecular weight is 415 g/mol. The first-order chi connectivity index (χ1) is 14.6. The van der Waals surface area contributed by atoms with Gasteiger partial charge < -0.3 is 20.9 Å². The van der Waals surface area contributed by atoms with Crippen molar-refractivity contribution in [2.24, 2.45) is 16.6 Å². The highest BCUT2D eigenvalue weighted by Crippen LogP contribution is 2.20. The quantitative estimate of drug-likeness (QED) is 0.522. The summed E-state index contributed by atoms with van der Waals surface area (Å²) in [6.07, 6.45) is 2.59. The van der Waals surface area contributed by atoms with Gasteiger partial charge >= 0.3 is 0 Å². The number of carbonyl (C=O) groups excluding carboxylic acids is 1. The predicted molar refractivity (Wildman–Crippen MR) is 122 cm³/mol. The Morgan fingerprint density at radius 3 is 2.50 bits per heavy atom. The number of nitrogens with zero attached hydrogens (tertiary/aromatic N) is 4. The van der Waals surface area contributed by atoms with Crippen molar-refractivity contribution in [2.45, 2.75) is 39.3 Å². The summed E-state index contributed by atoms with van der Waals surface area (Å²) < 4.78 is 0. The molecule has 1 unspecified atom stereocenters. The van der Waals surface area contributed by atoms with E-state index in [-0.39, 0.29) is 5.91 Å². The van der Waals surface area contributed by atoms with Crippen molar-refractivity contribution < 1.29 is 4.79 Å². The molecule has 3 rings (SSSR count). The van der Waals surface area contributed by atoms with Crippen LogP contribution in [0.2, 0.25) is 0 Å². The minimum atomic E-state index is -0.210. The maximum atomic E-state index is 11.3. The predicted octanol–water partition coefficient (Wildman–Crippen LogP) is 1.49. The fraction of sp³-hybridized carbons (Fsp3) is 0.652. The second kappa shape index (κ2) is 11.3. The second-order valence-corrected chi connectivity index (χ2v) is 8.50. The number of carbonyl (C=O) groups is 1. The van der Waals surface area contributed by atoms with Gasteiger partial charge in [0.2, 0.25) is 5.91 Å². The van der Waals surface area contributed by atoms with E-state index in [9.17, 15) is 4.79 Å². The number of primary amides is 1. The molecule has 2 saturated heterocycles. The monoisotopic (exact) mass is 414 g/mol. The Balaban J connectivity index is 1.56. The van der Waals surface area contributed by atoms with Crippen molar-refractivity contribution >= 4 is 11.9 Å². The molecule has 0 bridgehead atoms. The van der Waals surface area contributed by atoms with E-state index in [2.05, 4.69) is 56.2 Å². The summed E-state index contributed by atoms with van der Waals surface area (Å²) in [5, 5.41) is 3.56. The number of likely N-dealkylation sites (N-methyl/N-ethyl adjacent to an activating group) is 1. The third kappa shape index (κ3) is 6.44. The zero-order chi connectivity index (χ0) is 21.3. The van der Waals surface area contributed by atoms with Crippen molar-refractivity contribution in [3.63, 3.8) is 0 Å². The van der Waals surface area contributed by atoms with Gasteiger partial charge in [-0.3, -0.25) is 14.7 Å². The zero-order valence-corrected chi connectivity index (χ0v) is 18.6. The number of piperazine rings is 1. The molecule has 0 radical (unpaired) electrons. The maximum absolute atomic E-state index is 11.3. The Bertz CT molecular complexity index is 713. The molecule has 1 aromatic carbocycles. The fourth-order valence-electron chi connectivity index (χ4n) is 4.60. The van der Waals surface area contributed by atoms with Gasteiger partial charge in [-0.15, -0.1) is 0 Å². The van der Waals surface area contributed by atoms with Crippen LogP contribution in [0.15, 0.2) is 29.3 Å². The van der Waals surface area contributed by atoms with Gasteiger partial charge in [-0.1, -0.05) is 31.2 Å². The van der Waals surface area contributed by atoms with E-state index in [1.807, 2.05) is 7.05 Å². The van der Waals surface area contributed by atoms with Gasteiger partial charge in [0.1, 0.15) is 0 Å². The summed E-state index contributed by atoms with van der Waals surface area (Å²) in [6.45, 7) is 11.5. The molecule has 7 nitrogen and oxygen atoms in total. The van der Waals surface area contributed by atoms with E-state index >= 15 is 0 Å². The number of nitrogens with two attached hydrogens (primary N) is 1. The van der Waals surface area contributed by atoms with Crippen LogP contribution in [0.1, 0.15) is 37.3 Å². The Labute approximate surface area is 181 Å². The standard InChI is InChI=1S/C23H38N6O/c1-3-27-11-13-28(14-12-27)18-21-9-5-4-8-20(21)16-26-23(25-2)29-10-6-7-19(17-29)15-22(24)30/h4-5,8-9,19H,3,6-7,10-18H2,1-2H3,(H2,24,30)(H,25,26). The lowest BCUT2D eigenvalue weighted by atomic mass is 9.95. The van der Waals surface area contributed by atoms with Crippen molar-refractivity contribution in [3.8, 4) is 0 Å². The number of amides is 1. The van der Waals surface area contributed by atoms with Gasteiger partial charge in [0.15, 0.2) is 5.96 Å². The molecule has 3 N–H and O–H groups in total. The van der Waals surface area contributed by atoms with Crippen LogP contribution < -0.4 is 11.1 Å². The summed E-state index contributed by atoms with van der Waals surface area (Å²) in [7, 11) is 1.83. The zero-order valence-electron chi connectivity index (χ0n) is 18.6. The molecule has 1 atom stereocenters. The summed E-state index contributed by atoms with van der Waals surface area (Å²) in [4.78, 5) is 23.1. The third-order valence-corrected chi connectivity index (χ3v) is 6.38. The molecule has 2 aliphatic heterocycles. The van der Waals surface area contributed by atoms with Gasteiger partial charge in [-0.05, 0) is 36.4 Å². The van der Waals surface area contributed by atoms with E-state index < -0.39 is 0 Å². The Hall–Kier alpha value is -2.12. The summed E-state index contributed by atoms with van der Waals surface area (Å²) in [5.74, 6) is 1.03. The number of nitrogens with one attached hydrogen (secondary N) is 1. The number of likely N-dealkylation sites (tertiary alicyclic amines) is 1. The lowest BCUT2D eigenvalue weighted by Crippen LogP contribution is -2.47. The van der Waals surface area contributed by atoms with Gasteiger partial charge in [0, 0.05) is 65.8 Å². The molecule has 7 heteroatoms. The molecule has 0 aliphatic carbocycles.